The molecule has 0 amide bonds. The molecular formula is C18H22N4O2. The molecule has 0 saturated heterocycles. The maximum atomic E-state index is 10.8. The first-order valence-corrected chi connectivity index (χ1v) is 8.88. The third-order valence-electron chi connectivity index (χ3n) is 6.45. The number of hydrogen-bond acceptors (Lipinski definition) is 5. The number of H-pyrrole nitrogens is 1. The number of nitrogens with zero attached hydrogens (tertiary/aromatic N) is 2. The second-order valence-corrected chi connectivity index (χ2v) is 8.05. The molecule has 3 N–H and O–H groups in total. The zero-order valence-corrected chi connectivity index (χ0v) is 13.5. The van der Waals surface area contributed by atoms with E-state index >= 15 is 0 Å². The highest BCUT2D eigenvalue weighted by molar-refractivity contribution is 5.91. The smallest absolute Gasteiger partial charge is 0.139 e. The Morgan fingerprint density at radius 1 is 1.33 bits per heavy atom. The van der Waals surface area contributed by atoms with E-state index in [4.69, 9.17) is 0 Å². The number of anilines is 1. The summed E-state index contributed by atoms with van der Waals surface area (Å²) in [5.74, 6) is 1.72. The van der Waals surface area contributed by atoms with Gasteiger partial charge < -0.3 is 15.4 Å². The van der Waals surface area contributed by atoms with E-state index in [-0.39, 0.29) is 6.54 Å². The van der Waals surface area contributed by atoms with Crippen LogP contribution in [0.4, 0.5) is 5.69 Å². The lowest BCUT2D eigenvalue weighted by molar-refractivity contribution is -0.129. The third-order valence-corrected chi connectivity index (χ3v) is 6.45. The van der Waals surface area contributed by atoms with Crippen LogP contribution < -0.4 is 5.32 Å². The molecule has 0 aliphatic heterocycles. The van der Waals surface area contributed by atoms with Crippen molar-refractivity contribution in [2.75, 3.05) is 5.32 Å². The van der Waals surface area contributed by atoms with Gasteiger partial charge in [-0.25, -0.2) is 4.98 Å². The van der Waals surface area contributed by atoms with E-state index < -0.39 is 5.60 Å². The Hall–Kier alpha value is -1.95. The van der Waals surface area contributed by atoms with Crippen molar-refractivity contribution in [1.82, 2.24) is 9.97 Å². The van der Waals surface area contributed by atoms with Crippen molar-refractivity contribution in [3.63, 3.8) is 0 Å². The molecule has 4 fully saturated rings. The number of hydrogen-bond donors (Lipinski definition) is 3. The Bertz CT molecular complexity index is 785. The van der Waals surface area contributed by atoms with Crippen molar-refractivity contribution in [2.24, 2.45) is 22.9 Å². The van der Waals surface area contributed by atoms with E-state index in [1.807, 2.05) is 12.3 Å². The van der Waals surface area contributed by atoms with Gasteiger partial charge in [0.15, 0.2) is 0 Å². The fourth-order valence-corrected chi connectivity index (χ4v) is 5.79. The van der Waals surface area contributed by atoms with Crippen LogP contribution in [-0.4, -0.2) is 26.7 Å². The summed E-state index contributed by atoms with van der Waals surface area (Å²) >= 11 is 0. The lowest BCUT2D eigenvalue weighted by Crippen LogP contribution is -2.59. The lowest BCUT2D eigenvalue weighted by Gasteiger charge is -2.58. The molecule has 6 heteroatoms. The molecule has 0 spiro atoms. The first kappa shape index (κ1) is 14.4. The summed E-state index contributed by atoms with van der Waals surface area (Å²) in [5.41, 5.74) is 2.24. The monoisotopic (exact) mass is 326 g/mol. The fourth-order valence-electron chi connectivity index (χ4n) is 5.79. The van der Waals surface area contributed by atoms with Crippen LogP contribution in [0.15, 0.2) is 23.6 Å². The summed E-state index contributed by atoms with van der Waals surface area (Å²) in [7, 11) is 0. The summed E-state index contributed by atoms with van der Waals surface area (Å²) < 4.78 is 0. The molecule has 0 aromatic carbocycles. The van der Waals surface area contributed by atoms with Gasteiger partial charge in [-0.05, 0) is 55.9 Å². The lowest BCUT2D eigenvalue weighted by atomic mass is 9.52. The molecule has 2 unspecified atom stereocenters. The quantitative estimate of drug-likeness (QED) is 0.753. The molecular weight excluding hydrogens is 304 g/mol. The minimum Gasteiger partial charge on any atom is -0.390 e. The fraction of sp³-hybridized carbons (Fsp3) is 0.611. The molecule has 2 aromatic rings. The van der Waals surface area contributed by atoms with Gasteiger partial charge in [0.25, 0.3) is 0 Å². The van der Waals surface area contributed by atoms with Crippen LogP contribution in [0.1, 0.15) is 37.7 Å². The highest BCUT2D eigenvalue weighted by Crippen LogP contribution is 2.56. The normalized spacial score (nSPS) is 37.0. The van der Waals surface area contributed by atoms with E-state index in [2.05, 4.69) is 20.5 Å². The molecule has 2 aromatic heterocycles. The number of aromatic amines is 1. The average molecular weight is 326 g/mol. The van der Waals surface area contributed by atoms with Gasteiger partial charge in [0, 0.05) is 29.4 Å². The van der Waals surface area contributed by atoms with Crippen LogP contribution in [0.2, 0.25) is 0 Å². The Labute approximate surface area is 140 Å². The first-order chi connectivity index (χ1) is 11.6. The number of fused-ring (bicyclic) bond motifs is 1. The zero-order valence-electron chi connectivity index (χ0n) is 13.5. The summed E-state index contributed by atoms with van der Waals surface area (Å²) in [6.07, 6.45) is 8.83. The summed E-state index contributed by atoms with van der Waals surface area (Å²) in [5, 5.41) is 18.6. The minimum absolute atomic E-state index is 0.130. The topological polar surface area (TPSA) is 90.4 Å². The van der Waals surface area contributed by atoms with Crippen LogP contribution in [0.25, 0.3) is 11.0 Å². The predicted molar refractivity (Wildman–Crippen MR) is 91.5 cm³/mol. The van der Waals surface area contributed by atoms with Gasteiger partial charge in [-0.2, -0.15) is 4.91 Å². The van der Waals surface area contributed by atoms with Crippen molar-refractivity contribution in [2.45, 2.75) is 50.3 Å². The molecule has 24 heavy (non-hydrogen) atoms. The van der Waals surface area contributed by atoms with Crippen molar-refractivity contribution >= 4 is 16.7 Å². The van der Waals surface area contributed by atoms with Gasteiger partial charge in [-0.15, -0.1) is 0 Å². The highest BCUT2D eigenvalue weighted by Gasteiger charge is 2.54. The van der Waals surface area contributed by atoms with Crippen molar-refractivity contribution in [3.8, 4) is 0 Å². The number of pyridine rings is 1. The number of aromatic nitrogens is 2. The van der Waals surface area contributed by atoms with Crippen LogP contribution in [0.5, 0.6) is 0 Å². The van der Waals surface area contributed by atoms with Crippen LogP contribution in [0, 0.1) is 22.7 Å². The van der Waals surface area contributed by atoms with E-state index in [0.29, 0.717) is 23.8 Å². The Morgan fingerprint density at radius 2 is 2.12 bits per heavy atom. The number of rotatable bonds is 4. The highest BCUT2D eigenvalue weighted by atomic mass is 16.3. The number of nitroso groups, excluding NO2 is 1. The average Bonchev–Trinajstić information content (AvgIpc) is 2.99. The van der Waals surface area contributed by atoms with Gasteiger partial charge >= 0.3 is 0 Å². The van der Waals surface area contributed by atoms with E-state index in [1.165, 1.54) is 12.8 Å². The van der Waals surface area contributed by atoms with E-state index in [1.54, 1.807) is 6.20 Å². The summed E-state index contributed by atoms with van der Waals surface area (Å²) in [4.78, 5) is 18.4. The Balaban J connectivity index is 1.52. The molecule has 4 aliphatic rings. The predicted octanol–water partition coefficient (Wildman–Crippen LogP) is 3.18. The number of aliphatic hydroxyl groups is 1. The van der Waals surface area contributed by atoms with Gasteiger partial charge in [0.2, 0.25) is 0 Å². The maximum absolute atomic E-state index is 10.8. The second kappa shape index (κ2) is 5.02. The second-order valence-electron chi connectivity index (χ2n) is 8.05. The molecule has 6 nitrogen and oxygen atoms in total. The molecule has 0 radical (unpaired) electrons. The van der Waals surface area contributed by atoms with Crippen LogP contribution in [-0.2, 0) is 6.54 Å². The maximum Gasteiger partial charge on any atom is 0.139 e. The SMILES string of the molecule is O=NCc1cnc2[nH]ccc2c1NC1C2CC3CC1CC(O)(C3)C2. The summed E-state index contributed by atoms with van der Waals surface area (Å²) in [6.45, 7) is 0.130. The third kappa shape index (κ3) is 2.09. The molecule has 4 bridgehead atoms. The molecule has 2 atom stereocenters. The Kier molecular flexibility index (Phi) is 3.01. The van der Waals surface area contributed by atoms with E-state index in [9.17, 15) is 10.0 Å². The molecule has 126 valence electrons. The van der Waals surface area contributed by atoms with Gasteiger partial charge in [0.1, 0.15) is 12.2 Å². The standard InChI is InChI=1S/C18H22N4O2/c23-18-5-10-3-11(6-18)15(12(4-10)7-18)22-16-13(9-21-24)8-20-17-14(16)1-2-19-17/h1-2,8,10-12,15,23H,3-7,9H2,(H2,19,20,22). The van der Waals surface area contributed by atoms with Gasteiger partial charge in [0.05, 0.1) is 11.3 Å². The van der Waals surface area contributed by atoms with Crippen LogP contribution >= 0.6 is 0 Å². The van der Waals surface area contributed by atoms with Crippen molar-refractivity contribution in [3.05, 3.63) is 28.9 Å². The van der Waals surface area contributed by atoms with Crippen molar-refractivity contribution < 1.29 is 5.11 Å². The molecule has 6 rings (SSSR count). The Morgan fingerprint density at radius 3 is 2.83 bits per heavy atom. The molecule has 4 saturated carbocycles. The minimum atomic E-state index is -0.427. The molecule has 4 aliphatic carbocycles. The van der Waals surface area contributed by atoms with Gasteiger partial charge in [-0.1, -0.05) is 5.18 Å². The number of nitrogens with one attached hydrogen (secondary N) is 2. The summed E-state index contributed by atoms with van der Waals surface area (Å²) in [6, 6.07) is 2.37. The van der Waals surface area contributed by atoms with Gasteiger partial charge in [-0.3, -0.25) is 0 Å². The zero-order chi connectivity index (χ0) is 16.3. The first-order valence-electron chi connectivity index (χ1n) is 8.88. The van der Waals surface area contributed by atoms with Crippen LogP contribution in [0.3, 0.4) is 0 Å². The largest absolute Gasteiger partial charge is 0.390 e. The molecule has 2 heterocycles. The van der Waals surface area contributed by atoms with Crippen molar-refractivity contribution in [1.29, 1.82) is 0 Å². The van der Waals surface area contributed by atoms with E-state index in [0.717, 1.165) is 41.5 Å².